The molecule has 5 heteroatoms. The second-order valence-corrected chi connectivity index (χ2v) is 5.92. The van der Waals surface area contributed by atoms with Gasteiger partial charge >= 0.3 is 0 Å². The number of rotatable bonds is 2. The van der Waals surface area contributed by atoms with Gasteiger partial charge in [0.25, 0.3) is 0 Å². The number of hydrogen-bond acceptors (Lipinski definition) is 4. The molecule has 0 bridgehead atoms. The van der Waals surface area contributed by atoms with Gasteiger partial charge in [0, 0.05) is 12.4 Å². The zero-order valence-electron chi connectivity index (χ0n) is 11.7. The summed E-state index contributed by atoms with van der Waals surface area (Å²) in [5.74, 6) is 0.663. The summed E-state index contributed by atoms with van der Waals surface area (Å²) in [5.41, 5.74) is 11.2. The van der Waals surface area contributed by atoms with Gasteiger partial charge in [0.1, 0.15) is 17.2 Å². The van der Waals surface area contributed by atoms with Crippen molar-refractivity contribution >= 4 is 17.2 Å². The van der Waals surface area contributed by atoms with Crippen molar-refractivity contribution in [1.29, 1.82) is 0 Å². The van der Waals surface area contributed by atoms with E-state index in [-0.39, 0.29) is 0 Å². The topological polar surface area (TPSA) is 56.7 Å². The van der Waals surface area contributed by atoms with Crippen molar-refractivity contribution in [3.8, 4) is 22.5 Å². The summed E-state index contributed by atoms with van der Waals surface area (Å²) in [7, 11) is 1.86. The lowest BCUT2D eigenvalue weighted by atomic mass is 10.0. The second kappa shape index (κ2) is 4.76. The lowest BCUT2D eigenvalue weighted by Crippen LogP contribution is -1.98. The lowest BCUT2D eigenvalue weighted by Gasteiger charge is -2.04. The van der Waals surface area contributed by atoms with E-state index in [9.17, 15) is 0 Å². The summed E-state index contributed by atoms with van der Waals surface area (Å²) in [6.07, 6.45) is 0. The molecule has 0 atom stereocenters. The van der Waals surface area contributed by atoms with Gasteiger partial charge in [-0.25, -0.2) is 4.98 Å². The number of nitrogens with zero attached hydrogens (tertiary/aromatic N) is 3. The average Bonchev–Trinajstić information content (AvgIpc) is 2.95. The van der Waals surface area contributed by atoms with Crippen LogP contribution in [0, 0.1) is 13.8 Å². The predicted molar refractivity (Wildman–Crippen MR) is 83.6 cm³/mol. The van der Waals surface area contributed by atoms with Crippen LogP contribution in [-0.4, -0.2) is 14.8 Å². The van der Waals surface area contributed by atoms with Gasteiger partial charge in [-0.05, 0) is 19.4 Å². The fourth-order valence-electron chi connectivity index (χ4n) is 2.27. The summed E-state index contributed by atoms with van der Waals surface area (Å²) in [4.78, 5) is 4.53. The van der Waals surface area contributed by atoms with Crippen LogP contribution in [0.25, 0.3) is 22.5 Å². The molecule has 0 aliphatic rings. The number of hydrogen-bond donors (Lipinski definition) is 1. The first kappa shape index (κ1) is 12.9. The Hall–Kier alpha value is -2.14. The third kappa shape index (κ3) is 2.10. The third-order valence-corrected chi connectivity index (χ3v) is 4.03. The SMILES string of the molecule is Cc1cccc(-c2c(-c3csc(C)n3)nn(C)c2N)c1. The molecule has 1 aromatic carbocycles. The highest BCUT2D eigenvalue weighted by molar-refractivity contribution is 7.09. The van der Waals surface area contributed by atoms with Gasteiger partial charge < -0.3 is 5.73 Å². The molecule has 3 aromatic rings. The molecule has 0 amide bonds. The van der Waals surface area contributed by atoms with Crippen LogP contribution in [0.2, 0.25) is 0 Å². The van der Waals surface area contributed by atoms with Gasteiger partial charge in [-0.1, -0.05) is 29.8 Å². The van der Waals surface area contributed by atoms with Crippen LogP contribution < -0.4 is 5.73 Å². The fourth-order valence-corrected chi connectivity index (χ4v) is 2.87. The van der Waals surface area contributed by atoms with Crippen molar-refractivity contribution in [2.75, 3.05) is 5.73 Å². The zero-order valence-corrected chi connectivity index (χ0v) is 12.5. The van der Waals surface area contributed by atoms with E-state index in [4.69, 9.17) is 5.73 Å². The minimum atomic E-state index is 0.663. The molecule has 0 radical (unpaired) electrons. The van der Waals surface area contributed by atoms with E-state index in [0.717, 1.165) is 27.5 Å². The molecule has 0 aliphatic heterocycles. The van der Waals surface area contributed by atoms with E-state index < -0.39 is 0 Å². The number of nitrogens with two attached hydrogens (primary N) is 1. The fraction of sp³-hybridized carbons (Fsp3) is 0.200. The van der Waals surface area contributed by atoms with Crippen molar-refractivity contribution < 1.29 is 0 Å². The van der Waals surface area contributed by atoms with Crippen molar-refractivity contribution in [2.24, 2.45) is 7.05 Å². The molecule has 0 saturated heterocycles. The monoisotopic (exact) mass is 284 g/mol. The van der Waals surface area contributed by atoms with Gasteiger partial charge in [-0.3, -0.25) is 4.68 Å². The second-order valence-electron chi connectivity index (χ2n) is 4.85. The first-order valence-electron chi connectivity index (χ1n) is 6.38. The predicted octanol–water partition coefficient (Wildman–Crippen LogP) is 3.41. The minimum absolute atomic E-state index is 0.663. The molecule has 0 fully saturated rings. The molecular weight excluding hydrogens is 268 g/mol. The van der Waals surface area contributed by atoms with Gasteiger partial charge in [-0.15, -0.1) is 11.3 Å². The maximum absolute atomic E-state index is 6.21. The van der Waals surface area contributed by atoms with Crippen molar-refractivity contribution in [3.63, 3.8) is 0 Å². The van der Waals surface area contributed by atoms with Crippen LogP contribution >= 0.6 is 11.3 Å². The smallest absolute Gasteiger partial charge is 0.129 e. The first-order chi connectivity index (χ1) is 9.56. The zero-order chi connectivity index (χ0) is 14.3. The molecule has 2 heterocycles. The summed E-state index contributed by atoms with van der Waals surface area (Å²) in [6.45, 7) is 4.07. The summed E-state index contributed by atoms with van der Waals surface area (Å²) in [6, 6.07) is 8.29. The molecule has 102 valence electrons. The summed E-state index contributed by atoms with van der Waals surface area (Å²) < 4.78 is 1.71. The Morgan fingerprint density at radius 3 is 2.70 bits per heavy atom. The number of anilines is 1. The van der Waals surface area contributed by atoms with Gasteiger partial charge in [0.15, 0.2) is 0 Å². The number of nitrogen functional groups attached to an aromatic ring is 1. The third-order valence-electron chi connectivity index (χ3n) is 3.26. The Morgan fingerprint density at radius 1 is 1.25 bits per heavy atom. The van der Waals surface area contributed by atoms with Crippen LogP contribution in [-0.2, 0) is 7.05 Å². The van der Waals surface area contributed by atoms with Gasteiger partial charge in [0.05, 0.1) is 10.6 Å². The quantitative estimate of drug-likeness (QED) is 0.784. The standard InChI is InChI=1S/C15H16N4S/c1-9-5-4-6-11(7-9)13-14(18-19(3)15(13)16)12-8-20-10(2)17-12/h4-8H,16H2,1-3H3. The Labute approximate surface area is 121 Å². The van der Waals surface area contributed by atoms with E-state index in [1.54, 1.807) is 16.0 Å². The number of aryl methyl sites for hydroxylation is 3. The van der Waals surface area contributed by atoms with Crippen LogP contribution in [0.5, 0.6) is 0 Å². The molecule has 4 nitrogen and oxygen atoms in total. The van der Waals surface area contributed by atoms with Crippen LogP contribution in [0.15, 0.2) is 29.6 Å². The number of aromatic nitrogens is 3. The van der Waals surface area contributed by atoms with E-state index in [0.29, 0.717) is 5.82 Å². The van der Waals surface area contributed by atoms with E-state index in [1.807, 2.05) is 25.4 Å². The normalized spacial score (nSPS) is 10.9. The molecule has 0 aliphatic carbocycles. The molecule has 0 spiro atoms. The van der Waals surface area contributed by atoms with Crippen molar-refractivity contribution in [2.45, 2.75) is 13.8 Å². The lowest BCUT2D eigenvalue weighted by molar-refractivity contribution is 0.781. The molecule has 2 N–H and O–H groups in total. The maximum atomic E-state index is 6.21. The summed E-state index contributed by atoms with van der Waals surface area (Å²) in [5, 5.41) is 7.59. The number of thiazole rings is 1. The summed E-state index contributed by atoms with van der Waals surface area (Å²) >= 11 is 1.62. The van der Waals surface area contributed by atoms with Crippen molar-refractivity contribution in [3.05, 3.63) is 40.2 Å². The Morgan fingerprint density at radius 2 is 2.05 bits per heavy atom. The number of benzene rings is 1. The molecule has 3 rings (SSSR count). The highest BCUT2D eigenvalue weighted by Gasteiger charge is 2.19. The Balaban J connectivity index is 2.24. The molecular formula is C15H16N4S. The van der Waals surface area contributed by atoms with E-state index in [2.05, 4.69) is 35.2 Å². The first-order valence-corrected chi connectivity index (χ1v) is 7.26. The molecule has 0 unspecified atom stereocenters. The molecule has 2 aromatic heterocycles. The van der Waals surface area contributed by atoms with Crippen LogP contribution in [0.3, 0.4) is 0 Å². The van der Waals surface area contributed by atoms with Crippen LogP contribution in [0.1, 0.15) is 10.6 Å². The minimum Gasteiger partial charge on any atom is -0.383 e. The van der Waals surface area contributed by atoms with E-state index in [1.165, 1.54) is 5.56 Å². The average molecular weight is 284 g/mol. The largest absolute Gasteiger partial charge is 0.383 e. The molecule has 0 saturated carbocycles. The maximum Gasteiger partial charge on any atom is 0.129 e. The van der Waals surface area contributed by atoms with Crippen molar-refractivity contribution in [1.82, 2.24) is 14.8 Å². The Kier molecular flexibility index (Phi) is 3.06. The highest BCUT2D eigenvalue weighted by Crippen LogP contribution is 2.36. The van der Waals surface area contributed by atoms with Gasteiger partial charge in [0.2, 0.25) is 0 Å². The highest BCUT2D eigenvalue weighted by atomic mass is 32.1. The van der Waals surface area contributed by atoms with Gasteiger partial charge in [-0.2, -0.15) is 5.10 Å². The molecule has 20 heavy (non-hydrogen) atoms. The van der Waals surface area contributed by atoms with Crippen LogP contribution in [0.4, 0.5) is 5.82 Å². The Bertz CT molecular complexity index is 770. The van der Waals surface area contributed by atoms with E-state index >= 15 is 0 Å².